The Labute approximate surface area is 129 Å². The maximum absolute atomic E-state index is 4.74. The van der Waals surface area contributed by atoms with E-state index in [1.54, 1.807) is 0 Å². The van der Waals surface area contributed by atoms with Crippen LogP contribution in [0.3, 0.4) is 0 Å². The first-order valence-corrected chi connectivity index (χ1v) is 7.37. The SMILES string of the molecule is CN(C)c1ccc(-c2nc3cc4ccccc4cc3[nH]2)cc1. The molecule has 4 rings (SSSR count). The number of imidazole rings is 1. The van der Waals surface area contributed by atoms with Gasteiger partial charge in [-0.15, -0.1) is 0 Å². The molecule has 0 spiro atoms. The molecule has 1 aromatic heterocycles. The number of aromatic nitrogens is 2. The van der Waals surface area contributed by atoms with E-state index in [9.17, 15) is 0 Å². The molecule has 0 amide bonds. The van der Waals surface area contributed by atoms with Crippen molar-refractivity contribution in [3.8, 4) is 11.4 Å². The number of anilines is 1. The van der Waals surface area contributed by atoms with Crippen LogP contribution in [0.4, 0.5) is 5.69 Å². The van der Waals surface area contributed by atoms with Crippen molar-refractivity contribution in [1.29, 1.82) is 0 Å². The summed E-state index contributed by atoms with van der Waals surface area (Å²) >= 11 is 0. The molecule has 0 saturated carbocycles. The zero-order chi connectivity index (χ0) is 15.1. The van der Waals surface area contributed by atoms with E-state index >= 15 is 0 Å². The molecule has 0 unspecified atom stereocenters. The number of benzene rings is 3. The lowest BCUT2D eigenvalue weighted by molar-refractivity contribution is 1.13. The van der Waals surface area contributed by atoms with Gasteiger partial charge in [0.25, 0.3) is 0 Å². The highest BCUT2D eigenvalue weighted by molar-refractivity contribution is 5.96. The van der Waals surface area contributed by atoms with Crippen molar-refractivity contribution in [3.05, 3.63) is 60.7 Å². The molecule has 0 aliphatic heterocycles. The Morgan fingerprint density at radius 1 is 0.864 bits per heavy atom. The lowest BCUT2D eigenvalue weighted by Crippen LogP contribution is -2.07. The summed E-state index contributed by atoms with van der Waals surface area (Å²) in [5, 5.41) is 2.45. The van der Waals surface area contributed by atoms with E-state index in [4.69, 9.17) is 4.98 Å². The van der Waals surface area contributed by atoms with Crippen LogP contribution in [0.15, 0.2) is 60.7 Å². The number of nitrogens with zero attached hydrogens (tertiary/aromatic N) is 2. The average molecular weight is 287 g/mol. The van der Waals surface area contributed by atoms with E-state index in [2.05, 4.69) is 70.5 Å². The highest BCUT2D eigenvalue weighted by Gasteiger charge is 2.07. The van der Waals surface area contributed by atoms with Gasteiger partial charge in [-0.05, 0) is 47.2 Å². The summed E-state index contributed by atoms with van der Waals surface area (Å²) in [6, 6.07) is 21.1. The second-order valence-electron chi connectivity index (χ2n) is 5.74. The van der Waals surface area contributed by atoms with E-state index in [1.165, 1.54) is 16.5 Å². The van der Waals surface area contributed by atoms with Crippen LogP contribution in [0.1, 0.15) is 0 Å². The molecule has 1 N–H and O–H groups in total. The van der Waals surface area contributed by atoms with Crippen molar-refractivity contribution in [2.45, 2.75) is 0 Å². The third-order valence-corrected chi connectivity index (χ3v) is 4.01. The summed E-state index contributed by atoms with van der Waals surface area (Å²) in [6.45, 7) is 0. The number of H-pyrrole nitrogens is 1. The number of aromatic amines is 1. The van der Waals surface area contributed by atoms with Gasteiger partial charge in [0.2, 0.25) is 0 Å². The minimum absolute atomic E-state index is 0.913. The Morgan fingerprint density at radius 2 is 1.55 bits per heavy atom. The molecule has 108 valence electrons. The second-order valence-corrected chi connectivity index (χ2v) is 5.74. The van der Waals surface area contributed by atoms with Gasteiger partial charge in [-0.25, -0.2) is 4.98 Å². The van der Waals surface area contributed by atoms with E-state index in [0.29, 0.717) is 0 Å². The second kappa shape index (κ2) is 4.88. The minimum atomic E-state index is 0.913. The normalized spacial score (nSPS) is 11.2. The summed E-state index contributed by atoms with van der Waals surface area (Å²) in [6.07, 6.45) is 0. The molecule has 1 heterocycles. The van der Waals surface area contributed by atoms with Gasteiger partial charge in [-0.1, -0.05) is 24.3 Å². The van der Waals surface area contributed by atoms with Crippen LogP contribution in [0.2, 0.25) is 0 Å². The van der Waals surface area contributed by atoms with Crippen LogP contribution in [0.5, 0.6) is 0 Å². The minimum Gasteiger partial charge on any atom is -0.378 e. The predicted molar refractivity (Wildman–Crippen MR) is 93.4 cm³/mol. The molecule has 3 nitrogen and oxygen atoms in total. The Kier molecular flexibility index (Phi) is 2.86. The molecule has 3 heteroatoms. The van der Waals surface area contributed by atoms with E-state index in [1.807, 2.05) is 14.1 Å². The Hall–Kier alpha value is -2.81. The van der Waals surface area contributed by atoms with Gasteiger partial charge in [0.1, 0.15) is 5.82 Å². The van der Waals surface area contributed by atoms with Gasteiger partial charge in [-0.2, -0.15) is 0 Å². The third kappa shape index (κ3) is 2.11. The van der Waals surface area contributed by atoms with Gasteiger partial charge in [0, 0.05) is 25.3 Å². The van der Waals surface area contributed by atoms with Crippen LogP contribution in [-0.4, -0.2) is 24.1 Å². The van der Waals surface area contributed by atoms with E-state index in [0.717, 1.165) is 22.4 Å². The molecule has 0 fully saturated rings. The lowest BCUT2D eigenvalue weighted by Gasteiger charge is -2.11. The van der Waals surface area contributed by atoms with Gasteiger partial charge < -0.3 is 9.88 Å². The zero-order valence-corrected chi connectivity index (χ0v) is 12.7. The Bertz CT molecular complexity index is 897. The number of fused-ring (bicyclic) bond motifs is 2. The van der Waals surface area contributed by atoms with Crippen LogP contribution in [-0.2, 0) is 0 Å². The van der Waals surface area contributed by atoms with Crippen molar-refractivity contribution in [3.63, 3.8) is 0 Å². The maximum atomic E-state index is 4.74. The highest BCUT2D eigenvalue weighted by Crippen LogP contribution is 2.26. The van der Waals surface area contributed by atoms with Crippen molar-refractivity contribution in [2.75, 3.05) is 19.0 Å². The lowest BCUT2D eigenvalue weighted by atomic mass is 10.1. The van der Waals surface area contributed by atoms with Crippen molar-refractivity contribution in [2.24, 2.45) is 0 Å². The largest absolute Gasteiger partial charge is 0.378 e. The fraction of sp³-hybridized carbons (Fsp3) is 0.105. The van der Waals surface area contributed by atoms with E-state index < -0.39 is 0 Å². The molecular formula is C19H17N3. The summed E-state index contributed by atoms with van der Waals surface area (Å²) in [4.78, 5) is 10.3. The van der Waals surface area contributed by atoms with Crippen molar-refractivity contribution in [1.82, 2.24) is 9.97 Å². The third-order valence-electron chi connectivity index (χ3n) is 4.01. The summed E-state index contributed by atoms with van der Waals surface area (Å²) < 4.78 is 0. The van der Waals surface area contributed by atoms with Crippen LogP contribution in [0.25, 0.3) is 33.2 Å². The first-order valence-electron chi connectivity index (χ1n) is 7.37. The fourth-order valence-electron chi connectivity index (χ4n) is 2.75. The summed E-state index contributed by atoms with van der Waals surface area (Å²) in [5.74, 6) is 0.913. The number of hydrogen-bond donors (Lipinski definition) is 1. The molecular weight excluding hydrogens is 270 g/mol. The topological polar surface area (TPSA) is 31.9 Å². The first kappa shape index (κ1) is 12.9. The van der Waals surface area contributed by atoms with Gasteiger partial charge in [0.05, 0.1) is 11.0 Å². The first-order chi connectivity index (χ1) is 10.7. The predicted octanol–water partition coefficient (Wildman–Crippen LogP) is 4.45. The molecule has 0 bridgehead atoms. The Balaban J connectivity index is 1.83. The molecule has 0 radical (unpaired) electrons. The van der Waals surface area contributed by atoms with Gasteiger partial charge in [-0.3, -0.25) is 0 Å². The van der Waals surface area contributed by atoms with Crippen LogP contribution in [0, 0.1) is 0 Å². The smallest absolute Gasteiger partial charge is 0.138 e. The summed E-state index contributed by atoms with van der Waals surface area (Å²) in [5.41, 5.74) is 4.37. The molecule has 0 atom stereocenters. The van der Waals surface area contributed by atoms with E-state index in [-0.39, 0.29) is 0 Å². The number of nitrogens with one attached hydrogen (secondary N) is 1. The zero-order valence-electron chi connectivity index (χ0n) is 12.7. The maximum Gasteiger partial charge on any atom is 0.138 e. The average Bonchev–Trinajstić information content (AvgIpc) is 2.95. The molecule has 3 aromatic carbocycles. The molecule has 0 aliphatic rings. The summed E-state index contributed by atoms with van der Waals surface area (Å²) in [7, 11) is 4.09. The van der Waals surface area contributed by atoms with Gasteiger partial charge in [0.15, 0.2) is 0 Å². The number of hydrogen-bond acceptors (Lipinski definition) is 2. The standard InChI is InChI=1S/C19H17N3/c1-22(2)16-9-7-13(8-10-16)19-20-17-11-14-5-3-4-6-15(14)12-18(17)21-19/h3-12H,1-2H3,(H,20,21). The van der Waals surface area contributed by atoms with Gasteiger partial charge >= 0.3 is 0 Å². The molecule has 22 heavy (non-hydrogen) atoms. The van der Waals surface area contributed by atoms with Crippen LogP contribution >= 0.6 is 0 Å². The van der Waals surface area contributed by atoms with Crippen molar-refractivity contribution < 1.29 is 0 Å². The monoisotopic (exact) mass is 287 g/mol. The quantitative estimate of drug-likeness (QED) is 0.590. The molecule has 4 aromatic rings. The number of rotatable bonds is 2. The molecule has 0 aliphatic carbocycles. The fourth-order valence-corrected chi connectivity index (χ4v) is 2.75. The van der Waals surface area contributed by atoms with Crippen molar-refractivity contribution >= 4 is 27.5 Å². The van der Waals surface area contributed by atoms with Crippen LogP contribution < -0.4 is 4.90 Å². The highest BCUT2D eigenvalue weighted by atomic mass is 15.1. The Morgan fingerprint density at radius 3 is 2.23 bits per heavy atom. The molecule has 0 saturated heterocycles.